The molecule has 1 aliphatic rings. The molecule has 15 heavy (non-hydrogen) atoms. The first-order valence-electron chi connectivity index (χ1n) is 6.58. The van der Waals surface area contributed by atoms with Crippen molar-refractivity contribution in [1.82, 2.24) is 5.32 Å². The molecule has 88 valence electrons. The molecule has 0 aromatic rings. The maximum atomic E-state index is 3.89. The van der Waals surface area contributed by atoms with E-state index in [9.17, 15) is 0 Å². The lowest BCUT2D eigenvalue weighted by Crippen LogP contribution is -2.32. The van der Waals surface area contributed by atoms with Crippen molar-refractivity contribution in [3.8, 4) is 0 Å². The smallest absolute Gasteiger partial charge is 0.00104 e. The van der Waals surface area contributed by atoms with Crippen LogP contribution in [-0.4, -0.2) is 12.6 Å². The number of nitrogens with one attached hydrogen (secondary N) is 1. The third-order valence-electron chi connectivity index (χ3n) is 3.57. The van der Waals surface area contributed by atoms with Crippen LogP contribution < -0.4 is 5.32 Å². The van der Waals surface area contributed by atoms with Crippen molar-refractivity contribution >= 4 is 0 Å². The van der Waals surface area contributed by atoms with Crippen molar-refractivity contribution in [3.63, 3.8) is 0 Å². The second-order valence-electron chi connectivity index (χ2n) is 5.25. The first-order valence-corrected chi connectivity index (χ1v) is 6.58. The highest BCUT2D eigenvalue weighted by Crippen LogP contribution is 2.30. The van der Waals surface area contributed by atoms with Crippen LogP contribution in [0, 0.1) is 11.8 Å². The van der Waals surface area contributed by atoms with E-state index >= 15 is 0 Å². The predicted molar refractivity (Wildman–Crippen MR) is 68.0 cm³/mol. The summed E-state index contributed by atoms with van der Waals surface area (Å²) in [5, 5.41) is 3.60. The molecule has 0 bridgehead atoms. The zero-order valence-electron chi connectivity index (χ0n) is 10.5. The van der Waals surface area contributed by atoms with Gasteiger partial charge >= 0.3 is 0 Å². The van der Waals surface area contributed by atoms with Crippen molar-refractivity contribution in [2.75, 3.05) is 6.54 Å². The van der Waals surface area contributed by atoms with Gasteiger partial charge in [-0.25, -0.2) is 0 Å². The number of rotatable bonds is 5. The van der Waals surface area contributed by atoms with Crippen molar-refractivity contribution in [2.45, 2.75) is 58.4 Å². The fourth-order valence-corrected chi connectivity index (χ4v) is 2.64. The normalized spacial score (nSPS) is 27.7. The Balaban J connectivity index is 2.42. The summed E-state index contributed by atoms with van der Waals surface area (Å²) in [5.41, 5.74) is 0. The van der Waals surface area contributed by atoms with Gasteiger partial charge in [0.05, 0.1) is 0 Å². The fourth-order valence-electron chi connectivity index (χ4n) is 2.64. The van der Waals surface area contributed by atoms with Crippen LogP contribution in [0.5, 0.6) is 0 Å². The molecule has 2 atom stereocenters. The van der Waals surface area contributed by atoms with E-state index in [-0.39, 0.29) is 0 Å². The van der Waals surface area contributed by atoms with Crippen molar-refractivity contribution in [1.29, 1.82) is 0 Å². The molecule has 1 rings (SSSR count). The molecule has 1 fully saturated rings. The van der Waals surface area contributed by atoms with Crippen LogP contribution in [0.3, 0.4) is 0 Å². The molecule has 0 spiro atoms. The minimum atomic E-state index is 0.623. The van der Waals surface area contributed by atoms with Gasteiger partial charge in [-0.15, -0.1) is 6.58 Å². The van der Waals surface area contributed by atoms with Crippen LogP contribution in [0.1, 0.15) is 52.4 Å². The predicted octanol–water partition coefficient (Wildman–Crippen LogP) is 3.76. The number of allylic oxidation sites excluding steroid dienone is 1. The number of hydrogen-bond acceptors (Lipinski definition) is 1. The largest absolute Gasteiger partial charge is 0.314 e. The molecule has 0 saturated heterocycles. The molecule has 0 aliphatic heterocycles. The summed E-state index contributed by atoms with van der Waals surface area (Å²) in [4.78, 5) is 0. The summed E-state index contributed by atoms with van der Waals surface area (Å²) in [5.74, 6) is 1.77. The molecular weight excluding hydrogens is 182 g/mol. The first kappa shape index (κ1) is 12.8. The molecule has 1 aliphatic carbocycles. The summed E-state index contributed by atoms with van der Waals surface area (Å²) in [6.45, 7) is 9.57. The van der Waals surface area contributed by atoms with Crippen LogP contribution in [0.4, 0.5) is 0 Å². The molecule has 0 aromatic heterocycles. The molecule has 1 heteroatoms. The average Bonchev–Trinajstić information content (AvgIpc) is 2.41. The maximum absolute atomic E-state index is 3.89. The van der Waals surface area contributed by atoms with E-state index in [4.69, 9.17) is 0 Å². The Morgan fingerprint density at radius 2 is 1.87 bits per heavy atom. The van der Waals surface area contributed by atoms with Gasteiger partial charge in [0.1, 0.15) is 0 Å². The van der Waals surface area contributed by atoms with E-state index in [0.29, 0.717) is 6.04 Å². The van der Waals surface area contributed by atoms with Crippen LogP contribution in [-0.2, 0) is 0 Å². The van der Waals surface area contributed by atoms with Gasteiger partial charge in [-0.2, -0.15) is 0 Å². The van der Waals surface area contributed by atoms with E-state index in [1.807, 2.05) is 0 Å². The summed E-state index contributed by atoms with van der Waals surface area (Å²) >= 11 is 0. The molecule has 1 saturated carbocycles. The van der Waals surface area contributed by atoms with Gasteiger partial charge in [0.15, 0.2) is 0 Å². The quantitative estimate of drug-likeness (QED) is 0.537. The highest BCUT2D eigenvalue weighted by atomic mass is 14.9. The molecule has 0 radical (unpaired) electrons. The second kappa shape index (κ2) is 7.05. The van der Waals surface area contributed by atoms with Gasteiger partial charge < -0.3 is 5.32 Å². The summed E-state index contributed by atoms with van der Waals surface area (Å²) < 4.78 is 0. The lowest BCUT2D eigenvalue weighted by molar-refractivity contribution is 0.295. The van der Waals surface area contributed by atoms with E-state index in [1.165, 1.54) is 45.1 Å². The minimum Gasteiger partial charge on any atom is -0.314 e. The van der Waals surface area contributed by atoms with Crippen molar-refractivity contribution in [2.24, 2.45) is 11.8 Å². The highest BCUT2D eigenvalue weighted by molar-refractivity contribution is 4.82. The van der Waals surface area contributed by atoms with Gasteiger partial charge in [-0.3, -0.25) is 0 Å². The third kappa shape index (κ3) is 4.83. The average molecular weight is 209 g/mol. The minimum absolute atomic E-state index is 0.623. The Bertz CT molecular complexity index is 174. The molecular formula is C14H27N. The van der Waals surface area contributed by atoms with Crippen LogP contribution in [0.15, 0.2) is 12.7 Å². The third-order valence-corrected chi connectivity index (χ3v) is 3.57. The summed E-state index contributed by atoms with van der Waals surface area (Å²) in [6, 6.07) is 0.623. The monoisotopic (exact) mass is 209 g/mol. The fraction of sp³-hybridized carbons (Fsp3) is 0.857. The Hall–Kier alpha value is -0.300. The highest BCUT2D eigenvalue weighted by Gasteiger charge is 2.22. The van der Waals surface area contributed by atoms with E-state index in [2.05, 4.69) is 31.8 Å². The van der Waals surface area contributed by atoms with Gasteiger partial charge in [0.25, 0.3) is 0 Å². The Kier molecular flexibility index (Phi) is 6.00. The lowest BCUT2D eigenvalue weighted by Gasteiger charge is -2.25. The zero-order chi connectivity index (χ0) is 11.1. The van der Waals surface area contributed by atoms with Crippen LogP contribution in [0.2, 0.25) is 0 Å². The molecule has 1 nitrogen and oxygen atoms in total. The molecule has 1 N–H and O–H groups in total. The van der Waals surface area contributed by atoms with E-state index < -0.39 is 0 Å². The zero-order valence-corrected chi connectivity index (χ0v) is 10.5. The SMILES string of the molecule is C=CCC1CCCCCC1CNC(C)C. The van der Waals surface area contributed by atoms with Crippen LogP contribution in [0.25, 0.3) is 0 Å². The van der Waals surface area contributed by atoms with Gasteiger partial charge in [-0.1, -0.05) is 39.2 Å². The number of hydrogen-bond donors (Lipinski definition) is 1. The van der Waals surface area contributed by atoms with Crippen molar-refractivity contribution < 1.29 is 0 Å². The molecule has 0 amide bonds. The molecule has 2 unspecified atom stereocenters. The topological polar surface area (TPSA) is 12.0 Å². The first-order chi connectivity index (χ1) is 7.24. The lowest BCUT2D eigenvalue weighted by atomic mass is 9.85. The summed E-state index contributed by atoms with van der Waals surface area (Å²) in [7, 11) is 0. The van der Waals surface area contributed by atoms with Gasteiger partial charge in [0.2, 0.25) is 0 Å². The van der Waals surface area contributed by atoms with Crippen molar-refractivity contribution in [3.05, 3.63) is 12.7 Å². The molecule has 0 heterocycles. The maximum Gasteiger partial charge on any atom is 0.00104 e. The standard InChI is InChI=1S/C14H27N/c1-4-8-13-9-6-5-7-10-14(13)11-15-12(2)3/h4,12-15H,1,5-11H2,2-3H3. The Labute approximate surface area is 95.3 Å². The molecule has 0 aromatic carbocycles. The van der Waals surface area contributed by atoms with Gasteiger partial charge in [0, 0.05) is 6.04 Å². The Morgan fingerprint density at radius 1 is 1.20 bits per heavy atom. The Morgan fingerprint density at radius 3 is 2.47 bits per heavy atom. The van der Waals surface area contributed by atoms with E-state index in [0.717, 1.165) is 11.8 Å². The van der Waals surface area contributed by atoms with Gasteiger partial charge in [-0.05, 0) is 37.6 Å². The summed E-state index contributed by atoms with van der Waals surface area (Å²) in [6.07, 6.45) is 10.4. The van der Waals surface area contributed by atoms with Crippen LogP contribution >= 0.6 is 0 Å². The van der Waals surface area contributed by atoms with E-state index in [1.54, 1.807) is 0 Å². The second-order valence-corrected chi connectivity index (χ2v) is 5.25.